The molecular weight excluding hydrogens is 476 g/mol. The number of ether oxygens (including phenoxy) is 1. The topological polar surface area (TPSA) is 58.6 Å². The Labute approximate surface area is 215 Å². The summed E-state index contributed by atoms with van der Waals surface area (Å²) in [4.78, 5) is 27.8. The molecule has 1 fully saturated rings. The second-order valence-corrected chi connectivity index (χ2v) is 10.1. The number of hydrogen-bond donors (Lipinski definition) is 1. The van der Waals surface area contributed by atoms with E-state index >= 15 is 0 Å². The fraction of sp³-hybridized carbons (Fsp3) is 0.179. The molecular formula is C28H26N2O3S2. The van der Waals surface area contributed by atoms with E-state index in [0.717, 1.165) is 27.9 Å². The van der Waals surface area contributed by atoms with Crippen LogP contribution in [0.4, 0.5) is 5.69 Å². The highest BCUT2D eigenvalue weighted by Crippen LogP contribution is 2.35. The van der Waals surface area contributed by atoms with Crippen LogP contribution in [0.3, 0.4) is 0 Å². The Morgan fingerprint density at radius 3 is 2.40 bits per heavy atom. The molecule has 3 aromatic carbocycles. The second kappa shape index (κ2) is 10.9. The molecule has 0 radical (unpaired) electrons. The molecule has 7 heteroatoms. The van der Waals surface area contributed by atoms with E-state index in [1.807, 2.05) is 81.4 Å². The zero-order valence-corrected chi connectivity index (χ0v) is 21.5. The van der Waals surface area contributed by atoms with E-state index in [2.05, 4.69) is 5.32 Å². The number of rotatable bonds is 7. The minimum Gasteiger partial charge on any atom is -0.483 e. The summed E-state index contributed by atoms with van der Waals surface area (Å²) in [6.07, 6.45) is 1.77. The molecule has 35 heavy (non-hydrogen) atoms. The summed E-state index contributed by atoms with van der Waals surface area (Å²) in [6, 6.07) is 21.2. The summed E-state index contributed by atoms with van der Waals surface area (Å²) < 4.78 is 6.37. The number of para-hydroxylation sites is 1. The molecule has 0 spiro atoms. The van der Waals surface area contributed by atoms with Crippen LogP contribution in [0.15, 0.2) is 71.6 Å². The molecule has 0 aliphatic carbocycles. The minimum absolute atomic E-state index is 0.137. The number of hydrogen-bond acceptors (Lipinski definition) is 5. The van der Waals surface area contributed by atoms with Crippen molar-refractivity contribution in [2.24, 2.45) is 0 Å². The first-order valence-corrected chi connectivity index (χ1v) is 12.4. The molecule has 1 heterocycles. The minimum atomic E-state index is -0.246. The first-order chi connectivity index (χ1) is 16.8. The maximum atomic E-state index is 13.0. The Morgan fingerprint density at radius 1 is 1.03 bits per heavy atom. The van der Waals surface area contributed by atoms with E-state index in [0.29, 0.717) is 27.1 Å². The van der Waals surface area contributed by atoms with Gasteiger partial charge in [-0.2, -0.15) is 0 Å². The Morgan fingerprint density at radius 2 is 1.69 bits per heavy atom. The van der Waals surface area contributed by atoms with Gasteiger partial charge in [-0.3, -0.25) is 14.5 Å². The Hall–Kier alpha value is -3.42. The highest BCUT2D eigenvalue weighted by Gasteiger charge is 2.32. The van der Waals surface area contributed by atoms with Crippen LogP contribution in [-0.4, -0.2) is 27.6 Å². The van der Waals surface area contributed by atoms with E-state index in [4.69, 9.17) is 17.0 Å². The van der Waals surface area contributed by atoms with Crippen molar-refractivity contribution in [2.75, 3.05) is 11.9 Å². The van der Waals surface area contributed by atoms with Crippen molar-refractivity contribution < 1.29 is 14.3 Å². The largest absolute Gasteiger partial charge is 0.483 e. The van der Waals surface area contributed by atoms with Crippen molar-refractivity contribution in [3.8, 4) is 5.75 Å². The summed E-state index contributed by atoms with van der Waals surface area (Å²) >= 11 is 6.73. The third-order valence-electron chi connectivity index (χ3n) is 5.56. The Kier molecular flexibility index (Phi) is 7.68. The van der Waals surface area contributed by atoms with Crippen molar-refractivity contribution in [3.05, 3.63) is 99.5 Å². The Bertz CT molecular complexity index is 1300. The third-order valence-corrected chi connectivity index (χ3v) is 6.94. The molecule has 4 rings (SSSR count). The van der Waals surface area contributed by atoms with Gasteiger partial charge in [-0.1, -0.05) is 90.2 Å². The molecule has 1 saturated heterocycles. The highest BCUT2D eigenvalue weighted by molar-refractivity contribution is 8.26. The zero-order chi connectivity index (χ0) is 24.9. The number of nitrogens with one attached hydrogen (secondary N) is 1. The first-order valence-electron chi connectivity index (χ1n) is 11.2. The molecule has 0 bridgehead atoms. The number of aryl methyl sites for hydroxylation is 3. The number of thiocarbonyl (C=S) groups is 1. The zero-order valence-electron chi connectivity index (χ0n) is 19.8. The summed E-state index contributed by atoms with van der Waals surface area (Å²) in [6.45, 7) is 6.26. The number of nitrogens with zero attached hydrogens (tertiary/aromatic N) is 1. The number of thioether (sulfide) groups is 1. The summed E-state index contributed by atoms with van der Waals surface area (Å²) in [5.74, 6) is 0.138. The van der Waals surface area contributed by atoms with Crippen molar-refractivity contribution in [2.45, 2.75) is 27.3 Å². The monoisotopic (exact) mass is 502 g/mol. The van der Waals surface area contributed by atoms with Gasteiger partial charge in [0.2, 0.25) is 0 Å². The molecule has 1 aliphatic rings. The lowest BCUT2D eigenvalue weighted by atomic mass is 10.1. The van der Waals surface area contributed by atoms with Gasteiger partial charge in [-0.05, 0) is 49.6 Å². The molecule has 178 valence electrons. The van der Waals surface area contributed by atoms with Gasteiger partial charge in [0.25, 0.3) is 11.8 Å². The van der Waals surface area contributed by atoms with Gasteiger partial charge in [-0.25, -0.2) is 0 Å². The number of anilines is 1. The lowest BCUT2D eigenvalue weighted by Crippen LogP contribution is -2.27. The van der Waals surface area contributed by atoms with Crippen LogP contribution in [0.1, 0.15) is 27.8 Å². The van der Waals surface area contributed by atoms with Crippen LogP contribution in [0.2, 0.25) is 0 Å². The van der Waals surface area contributed by atoms with Crippen LogP contribution in [0.5, 0.6) is 5.75 Å². The van der Waals surface area contributed by atoms with E-state index in [1.54, 1.807) is 17.0 Å². The molecule has 2 amide bonds. The maximum absolute atomic E-state index is 13.0. The van der Waals surface area contributed by atoms with Gasteiger partial charge in [0, 0.05) is 11.3 Å². The summed E-state index contributed by atoms with van der Waals surface area (Å²) in [5.41, 5.74) is 5.70. The van der Waals surface area contributed by atoms with E-state index in [9.17, 15) is 9.59 Å². The lowest BCUT2D eigenvalue weighted by Gasteiger charge is -2.14. The number of amides is 2. The molecule has 3 aromatic rings. The molecule has 0 aromatic heterocycles. The highest BCUT2D eigenvalue weighted by atomic mass is 32.2. The van der Waals surface area contributed by atoms with Gasteiger partial charge in [-0.15, -0.1) is 0 Å². The van der Waals surface area contributed by atoms with Gasteiger partial charge in [0.05, 0.1) is 11.4 Å². The van der Waals surface area contributed by atoms with Crippen LogP contribution in [-0.2, 0) is 16.1 Å². The van der Waals surface area contributed by atoms with Crippen molar-refractivity contribution in [1.82, 2.24) is 4.90 Å². The van der Waals surface area contributed by atoms with Gasteiger partial charge in [0.1, 0.15) is 10.1 Å². The third kappa shape index (κ3) is 5.99. The lowest BCUT2D eigenvalue weighted by molar-refractivity contribution is -0.122. The average Bonchev–Trinajstić information content (AvgIpc) is 3.09. The quantitative estimate of drug-likeness (QED) is 0.316. The van der Waals surface area contributed by atoms with Crippen LogP contribution in [0, 0.1) is 20.8 Å². The van der Waals surface area contributed by atoms with Crippen molar-refractivity contribution in [1.29, 1.82) is 0 Å². The predicted octanol–water partition coefficient (Wildman–Crippen LogP) is 6.03. The fourth-order valence-corrected chi connectivity index (χ4v) is 5.22. The van der Waals surface area contributed by atoms with Gasteiger partial charge in [0.15, 0.2) is 6.61 Å². The average molecular weight is 503 g/mol. The van der Waals surface area contributed by atoms with Crippen LogP contribution in [0.25, 0.3) is 6.08 Å². The molecule has 0 saturated carbocycles. The number of benzene rings is 3. The summed E-state index contributed by atoms with van der Waals surface area (Å²) in [5, 5.41) is 2.95. The number of carbonyl (C=O) groups excluding carboxylic acids is 2. The van der Waals surface area contributed by atoms with E-state index < -0.39 is 0 Å². The maximum Gasteiger partial charge on any atom is 0.266 e. The van der Waals surface area contributed by atoms with Gasteiger partial charge >= 0.3 is 0 Å². The molecule has 1 aliphatic heterocycles. The smallest absolute Gasteiger partial charge is 0.266 e. The first kappa shape index (κ1) is 24.7. The van der Waals surface area contributed by atoms with Gasteiger partial charge < -0.3 is 10.1 Å². The van der Waals surface area contributed by atoms with E-state index in [1.165, 1.54) is 11.8 Å². The normalized spacial score (nSPS) is 14.5. The van der Waals surface area contributed by atoms with E-state index in [-0.39, 0.29) is 18.4 Å². The predicted molar refractivity (Wildman–Crippen MR) is 146 cm³/mol. The summed E-state index contributed by atoms with van der Waals surface area (Å²) in [7, 11) is 0. The van der Waals surface area contributed by atoms with Crippen LogP contribution >= 0.6 is 24.0 Å². The molecule has 1 N–H and O–H groups in total. The molecule has 0 unspecified atom stereocenters. The second-order valence-electron chi connectivity index (χ2n) is 8.40. The molecule has 5 nitrogen and oxygen atoms in total. The molecule has 0 atom stereocenters. The van der Waals surface area contributed by atoms with Crippen molar-refractivity contribution in [3.63, 3.8) is 0 Å². The van der Waals surface area contributed by atoms with Crippen molar-refractivity contribution >= 4 is 51.9 Å². The fourth-order valence-electron chi connectivity index (χ4n) is 3.97. The standard InChI is InChI=1S/C28H26N2O3S2/c1-18-13-19(2)26(20(3)14-18)29-25(31)17-33-23-12-8-7-11-22(23)15-24-27(32)30(28(34)35-24)16-21-9-5-4-6-10-21/h4-15H,16-17H2,1-3H3,(H,29,31)/b24-15-. The Balaban J connectivity index is 1.45. The SMILES string of the molecule is Cc1cc(C)c(NC(=O)COc2ccccc2/C=C2\SC(=S)N(Cc3ccccc3)C2=O)c(C)c1. The van der Waals surface area contributed by atoms with Crippen LogP contribution < -0.4 is 10.1 Å². The number of carbonyl (C=O) groups is 2.